The van der Waals surface area contributed by atoms with E-state index in [1.54, 1.807) is 24.0 Å². The molecule has 0 aliphatic carbocycles. The van der Waals surface area contributed by atoms with Crippen LogP contribution in [0.4, 0.5) is 5.69 Å². The number of hydrogen-bond donors (Lipinski definition) is 1. The van der Waals surface area contributed by atoms with E-state index >= 15 is 0 Å². The van der Waals surface area contributed by atoms with Crippen LogP contribution in [0.25, 0.3) is 0 Å². The summed E-state index contributed by atoms with van der Waals surface area (Å²) in [5.41, 5.74) is 0.964. The Balaban J connectivity index is 0.00000220. The molecule has 7 heteroatoms. The first-order valence-electron chi connectivity index (χ1n) is 6.74. The highest BCUT2D eigenvalue weighted by molar-refractivity contribution is 5.95. The fourth-order valence-corrected chi connectivity index (χ4v) is 2.49. The zero-order chi connectivity index (χ0) is 14.7. The zero-order valence-electron chi connectivity index (χ0n) is 12.2. The maximum absolute atomic E-state index is 12.4. The zero-order valence-corrected chi connectivity index (χ0v) is 13.0. The van der Waals surface area contributed by atoms with Gasteiger partial charge in [0.15, 0.2) is 0 Å². The number of aryl methyl sites for hydroxylation is 1. The van der Waals surface area contributed by atoms with Crippen molar-refractivity contribution in [3.8, 4) is 0 Å². The summed E-state index contributed by atoms with van der Waals surface area (Å²) in [6.45, 7) is 3.04. The molecule has 1 aliphatic rings. The number of carbonyl (C=O) groups is 1. The smallest absolute Gasteiger partial charge is 0.273 e. The van der Waals surface area contributed by atoms with Crippen LogP contribution in [-0.4, -0.2) is 41.9 Å². The summed E-state index contributed by atoms with van der Waals surface area (Å²) in [6, 6.07) is 5.12. The Hall–Kier alpha value is -1.66. The van der Waals surface area contributed by atoms with Gasteiger partial charge in [0.2, 0.25) is 0 Å². The van der Waals surface area contributed by atoms with Gasteiger partial charge in [0, 0.05) is 36.3 Å². The van der Waals surface area contributed by atoms with Gasteiger partial charge in [0.1, 0.15) is 0 Å². The minimum atomic E-state index is -0.445. The number of nitrogens with one attached hydrogen (secondary N) is 1. The Morgan fingerprint density at radius 3 is 2.52 bits per heavy atom. The van der Waals surface area contributed by atoms with E-state index in [0.717, 1.165) is 12.8 Å². The van der Waals surface area contributed by atoms with Crippen molar-refractivity contribution in [2.24, 2.45) is 0 Å². The highest BCUT2D eigenvalue weighted by Gasteiger charge is 2.24. The second kappa shape index (κ2) is 7.38. The van der Waals surface area contributed by atoms with E-state index in [1.165, 1.54) is 6.07 Å². The van der Waals surface area contributed by atoms with E-state index in [-0.39, 0.29) is 24.0 Å². The molecule has 1 fully saturated rings. The number of amides is 1. The predicted octanol–water partition coefficient (Wildman–Crippen LogP) is 2.15. The molecule has 1 aliphatic heterocycles. The number of halogens is 1. The van der Waals surface area contributed by atoms with Crippen molar-refractivity contribution < 1.29 is 9.72 Å². The molecular weight excluding hydrogens is 294 g/mol. The SMILES string of the molecule is CNC1CCN(C(=O)c2ccc(C)c([N+](=O)[O-])c2)CC1.Cl. The third kappa shape index (κ3) is 3.92. The van der Waals surface area contributed by atoms with Crippen LogP contribution in [0, 0.1) is 17.0 Å². The van der Waals surface area contributed by atoms with Crippen molar-refractivity contribution in [2.75, 3.05) is 20.1 Å². The molecule has 0 spiro atoms. The standard InChI is InChI=1S/C14H19N3O3.ClH/c1-10-3-4-11(9-13(10)17(19)20)14(18)16-7-5-12(15-2)6-8-16;/h3-4,9,12,15H,5-8H2,1-2H3;1H. The van der Waals surface area contributed by atoms with Gasteiger partial charge in [0.25, 0.3) is 11.6 Å². The van der Waals surface area contributed by atoms with Crippen LogP contribution in [-0.2, 0) is 0 Å². The quantitative estimate of drug-likeness (QED) is 0.685. The van der Waals surface area contributed by atoms with Crippen molar-refractivity contribution in [2.45, 2.75) is 25.8 Å². The van der Waals surface area contributed by atoms with Gasteiger partial charge in [-0.1, -0.05) is 6.07 Å². The van der Waals surface area contributed by atoms with Crippen LogP contribution < -0.4 is 5.32 Å². The van der Waals surface area contributed by atoms with Crippen LogP contribution in [0.3, 0.4) is 0 Å². The Morgan fingerprint density at radius 1 is 1.38 bits per heavy atom. The van der Waals surface area contributed by atoms with E-state index in [9.17, 15) is 14.9 Å². The minimum Gasteiger partial charge on any atom is -0.339 e. The third-order valence-corrected chi connectivity index (χ3v) is 3.84. The van der Waals surface area contributed by atoms with Crippen molar-refractivity contribution in [3.63, 3.8) is 0 Å². The molecule has 1 aromatic carbocycles. The van der Waals surface area contributed by atoms with Crippen molar-refractivity contribution >= 4 is 24.0 Å². The van der Waals surface area contributed by atoms with Gasteiger partial charge in [-0.25, -0.2) is 0 Å². The topological polar surface area (TPSA) is 75.5 Å². The lowest BCUT2D eigenvalue weighted by Gasteiger charge is -2.31. The van der Waals surface area contributed by atoms with E-state index in [4.69, 9.17) is 0 Å². The predicted molar refractivity (Wildman–Crippen MR) is 83.1 cm³/mol. The van der Waals surface area contributed by atoms with Crippen molar-refractivity contribution in [3.05, 3.63) is 39.4 Å². The summed E-state index contributed by atoms with van der Waals surface area (Å²) in [5.74, 6) is -0.123. The molecule has 6 nitrogen and oxygen atoms in total. The van der Waals surface area contributed by atoms with E-state index in [0.29, 0.717) is 30.3 Å². The van der Waals surface area contributed by atoms with Gasteiger partial charge < -0.3 is 10.2 Å². The molecule has 21 heavy (non-hydrogen) atoms. The molecule has 0 unspecified atom stereocenters. The number of benzene rings is 1. The van der Waals surface area contributed by atoms with Crippen LogP contribution in [0.1, 0.15) is 28.8 Å². The number of nitro benzene ring substituents is 1. The first kappa shape index (κ1) is 17.4. The summed E-state index contributed by atoms with van der Waals surface area (Å²) in [6.07, 6.45) is 1.83. The molecule has 1 heterocycles. The number of hydrogen-bond acceptors (Lipinski definition) is 4. The monoisotopic (exact) mass is 313 g/mol. The third-order valence-electron chi connectivity index (χ3n) is 3.84. The normalized spacial score (nSPS) is 15.4. The minimum absolute atomic E-state index is 0. The van der Waals surface area contributed by atoms with Gasteiger partial charge in [-0.3, -0.25) is 14.9 Å². The van der Waals surface area contributed by atoms with Gasteiger partial charge >= 0.3 is 0 Å². The molecule has 1 saturated heterocycles. The summed E-state index contributed by atoms with van der Waals surface area (Å²) < 4.78 is 0. The highest BCUT2D eigenvalue weighted by atomic mass is 35.5. The second-order valence-corrected chi connectivity index (χ2v) is 5.11. The molecule has 1 amide bonds. The summed E-state index contributed by atoms with van der Waals surface area (Å²) in [4.78, 5) is 24.6. The summed E-state index contributed by atoms with van der Waals surface area (Å²) in [7, 11) is 1.92. The largest absolute Gasteiger partial charge is 0.339 e. The average molecular weight is 314 g/mol. The van der Waals surface area contributed by atoms with Crippen molar-refractivity contribution in [1.29, 1.82) is 0 Å². The average Bonchev–Trinajstić information content (AvgIpc) is 2.47. The van der Waals surface area contributed by atoms with Gasteiger partial charge in [-0.2, -0.15) is 0 Å². The lowest BCUT2D eigenvalue weighted by Crippen LogP contribution is -2.43. The van der Waals surface area contributed by atoms with Gasteiger partial charge in [0.05, 0.1) is 4.92 Å². The number of likely N-dealkylation sites (tertiary alicyclic amines) is 1. The molecule has 116 valence electrons. The Morgan fingerprint density at radius 2 is 2.00 bits per heavy atom. The summed E-state index contributed by atoms with van der Waals surface area (Å²) in [5, 5.41) is 14.1. The Labute approximate surface area is 130 Å². The molecule has 1 N–H and O–H groups in total. The number of nitro groups is 1. The fraction of sp³-hybridized carbons (Fsp3) is 0.500. The van der Waals surface area contributed by atoms with E-state index in [2.05, 4.69) is 5.32 Å². The van der Waals surface area contributed by atoms with Crippen LogP contribution in [0.2, 0.25) is 0 Å². The molecule has 1 aromatic rings. The van der Waals surface area contributed by atoms with Crippen molar-refractivity contribution in [1.82, 2.24) is 10.2 Å². The molecule has 0 saturated carbocycles. The number of rotatable bonds is 3. The number of piperidine rings is 1. The van der Waals surface area contributed by atoms with E-state index < -0.39 is 4.92 Å². The highest BCUT2D eigenvalue weighted by Crippen LogP contribution is 2.21. The molecule has 2 rings (SSSR count). The van der Waals surface area contributed by atoms with E-state index in [1.807, 2.05) is 7.05 Å². The Bertz CT molecular complexity index is 528. The molecule has 0 aromatic heterocycles. The lowest BCUT2D eigenvalue weighted by molar-refractivity contribution is -0.385. The van der Waals surface area contributed by atoms with Gasteiger partial charge in [-0.15, -0.1) is 12.4 Å². The fourth-order valence-electron chi connectivity index (χ4n) is 2.49. The lowest BCUT2D eigenvalue weighted by atomic mass is 10.0. The molecule has 0 atom stereocenters. The van der Waals surface area contributed by atoms with Gasteiger partial charge in [-0.05, 0) is 32.9 Å². The Kier molecular flexibility index (Phi) is 6.11. The maximum Gasteiger partial charge on any atom is 0.273 e. The first-order valence-corrected chi connectivity index (χ1v) is 6.74. The number of nitrogens with zero attached hydrogens (tertiary/aromatic N) is 2. The number of carbonyl (C=O) groups excluding carboxylic acids is 1. The maximum atomic E-state index is 12.4. The van der Waals surface area contributed by atoms with Crippen LogP contribution >= 0.6 is 12.4 Å². The first-order chi connectivity index (χ1) is 9.52. The second-order valence-electron chi connectivity index (χ2n) is 5.11. The molecule has 0 radical (unpaired) electrons. The van der Waals surface area contributed by atoms with Crippen LogP contribution in [0.15, 0.2) is 18.2 Å². The summed E-state index contributed by atoms with van der Waals surface area (Å²) >= 11 is 0. The molecule has 0 bridgehead atoms. The molecular formula is C14H20ClN3O3. The van der Waals surface area contributed by atoms with Crippen LogP contribution in [0.5, 0.6) is 0 Å².